The Hall–Kier alpha value is -1.71. The van der Waals surface area contributed by atoms with E-state index in [0.717, 1.165) is 17.7 Å². The number of aliphatic hydroxyl groups is 1. The maximum atomic E-state index is 10.9. The van der Waals surface area contributed by atoms with Crippen molar-refractivity contribution in [1.29, 1.82) is 0 Å². The molecule has 1 atom stereocenters. The molecule has 3 heteroatoms. The third kappa shape index (κ3) is 3.44. The number of pyridine rings is 1. The third-order valence-electron chi connectivity index (χ3n) is 3.46. The van der Waals surface area contributed by atoms with Crippen LogP contribution in [0.15, 0.2) is 48.7 Å². The van der Waals surface area contributed by atoms with Crippen LogP contribution < -0.4 is 0 Å². The normalized spacial score (nSPS) is 13.9. The van der Waals surface area contributed by atoms with Crippen LogP contribution in [0.3, 0.4) is 0 Å². The Labute approximate surface area is 120 Å². The number of rotatable bonds is 6. The monoisotopic (exact) mass is 271 g/mol. The van der Waals surface area contributed by atoms with Gasteiger partial charge in [0.1, 0.15) is 5.60 Å². The summed E-state index contributed by atoms with van der Waals surface area (Å²) in [6.07, 6.45) is 3.27. The van der Waals surface area contributed by atoms with Gasteiger partial charge in [0.05, 0.1) is 6.61 Å². The molecule has 0 saturated carbocycles. The van der Waals surface area contributed by atoms with Gasteiger partial charge in [-0.15, -0.1) is 0 Å². The number of benzene rings is 1. The Kier molecular flexibility index (Phi) is 4.88. The molecule has 0 fully saturated rings. The smallest absolute Gasteiger partial charge is 0.118 e. The second-order valence-corrected chi connectivity index (χ2v) is 5.02. The Morgan fingerprint density at radius 3 is 2.45 bits per heavy atom. The van der Waals surface area contributed by atoms with Crippen LogP contribution in [0.1, 0.15) is 23.7 Å². The summed E-state index contributed by atoms with van der Waals surface area (Å²) in [5.74, 6) is 0. The van der Waals surface area contributed by atoms with Crippen molar-refractivity contribution in [2.45, 2.75) is 25.4 Å². The van der Waals surface area contributed by atoms with Crippen molar-refractivity contribution < 1.29 is 9.84 Å². The molecule has 1 N–H and O–H groups in total. The molecule has 0 bridgehead atoms. The molecule has 20 heavy (non-hydrogen) atoms. The van der Waals surface area contributed by atoms with E-state index in [1.54, 1.807) is 7.11 Å². The number of ether oxygens (including phenoxy) is 1. The van der Waals surface area contributed by atoms with E-state index in [4.69, 9.17) is 4.74 Å². The number of hydrogen-bond donors (Lipinski definition) is 1. The van der Waals surface area contributed by atoms with Crippen molar-refractivity contribution in [2.24, 2.45) is 0 Å². The lowest BCUT2D eigenvalue weighted by atomic mass is 9.89. The molecule has 1 unspecified atom stereocenters. The quantitative estimate of drug-likeness (QED) is 0.878. The van der Waals surface area contributed by atoms with Gasteiger partial charge in [-0.25, -0.2) is 0 Å². The number of aromatic nitrogens is 1. The van der Waals surface area contributed by atoms with Crippen molar-refractivity contribution in [3.8, 4) is 0 Å². The predicted octanol–water partition coefficient (Wildman–Crippen LogP) is 2.72. The molecule has 3 nitrogen and oxygen atoms in total. The van der Waals surface area contributed by atoms with E-state index in [1.807, 2.05) is 42.6 Å². The molecule has 0 saturated heterocycles. The molecule has 0 amide bonds. The summed E-state index contributed by atoms with van der Waals surface area (Å²) in [6.45, 7) is 2.34. The van der Waals surface area contributed by atoms with E-state index in [1.165, 1.54) is 5.56 Å². The fourth-order valence-electron chi connectivity index (χ4n) is 2.29. The zero-order chi connectivity index (χ0) is 14.4. The van der Waals surface area contributed by atoms with Crippen molar-refractivity contribution in [3.05, 3.63) is 65.5 Å². The average molecular weight is 271 g/mol. The lowest BCUT2D eigenvalue weighted by Gasteiger charge is -2.27. The predicted molar refractivity (Wildman–Crippen MR) is 79.5 cm³/mol. The summed E-state index contributed by atoms with van der Waals surface area (Å²) in [6, 6.07) is 13.6. The first-order valence-electron chi connectivity index (χ1n) is 6.88. The van der Waals surface area contributed by atoms with Gasteiger partial charge in [0.15, 0.2) is 0 Å². The zero-order valence-corrected chi connectivity index (χ0v) is 12.0. The van der Waals surface area contributed by atoms with Gasteiger partial charge in [-0.3, -0.25) is 4.98 Å². The maximum Gasteiger partial charge on any atom is 0.118 e. The lowest BCUT2D eigenvalue weighted by molar-refractivity contribution is -0.0361. The number of aryl methyl sites for hydroxylation is 1. The van der Waals surface area contributed by atoms with Gasteiger partial charge >= 0.3 is 0 Å². The largest absolute Gasteiger partial charge is 0.382 e. The Morgan fingerprint density at radius 1 is 1.15 bits per heavy atom. The van der Waals surface area contributed by atoms with Crippen LogP contribution in [0.5, 0.6) is 0 Å². The van der Waals surface area contributed by atoms with E-state index < -0.39 is 5.60 Å². The molecule has 0 aliphatic rings. The van der Waals surface area contributed by atoms with Crippen molar-refractivity contribution >= 4 is 0 Å². The first-order chi connectivity index (χ1) is 9.68. The highest BCUT2D eigenvalue weighted by Gasteiger charge is 2.30. The minimum Gasteiger partial charge on any atom is -0.382 e. The van der Waals surface area contributed by atoms with Crippen LogP contribution in [0.2, 0.25) is 0 Å². The van der Waals surface area contributed by atoms with Crippen LogP contribution in [-0.4, -0.2) is 23.8 Å². The first kappa shape index (κ1) is 14.7. The van der Waals surface area contributed by atoms with E-state index in [2.05, 4.69) is 18.0 Å². The van der Waals surface area contributed by atoms with Gasteiger partial charge < -0.3 is 9.84 Å². The zero-order valence-electron chi connectivity index (χ0n) is 12.0. The maximum absolute atomic E-state index is 10.9. The molecule has 1 aromatic carbocycles. The number of nitrogens with zero attached hydrogens (tertiary/aromatic N) is 1. The summed E-state index contributed by atoms with van der Waals surface area (Å²) in [5.41, 5.74) is 1.87. The molecule has 1 aromatic heterocycles. The second-order valence-electron chi connectivity index (χ2n) is 5.02. The van der Waals surface area contributed by atoms with Gasteiger partial charge in [-0.1, -0.05) is 43.3 Å². The Balaban J connectivity index is 2.24. The number of hydrogen-bond acceptors (Lipinski definition) is 3. The molecular formula is C17H21NO2. The first-order valence-corrected chi connectivity index (χ1v) is 6.88. The van der Waals surface area contributed by atoms with Gasteiger partial charge in [0.25, 0.3) is 0 Å². The summed E-state index contributed by atoms with van der Waals surface area (Å²) in [7, 11) is 1.60. The molecule has 1 heterocycles. The number of methoxy groups -OCH3 is 1. The van der Waals surface area contributed by atoms with E-state index in [0.29, 0.717) is 6.42 Å². The minimum atomic E-state index is -1.04. The van der Waals surface area contributed by atoms with Gasteiger partial charge in [0.2, 0.25) is 0 Å². The Bertz CT molecular complexity index is 524. The Morgan fingerprint density at radius 2 is 1.90 bits per heavy atom. The molecule has 0 aliphatic heterocycles. The molecule has 0 spiro atoms. The van der Waals surface area contributed by atoms with Crippen molar-refractivity contribution in [2.75, 3.05) is 13.7 Å². The molecule has 0 radical (unpaired) electrons. The summed E-state index contributed by atoms with van der Waals surface area (Å²) >= 11 is 0. The highest BCUT2D eigenvalue weighted by molar-refractivity contribution is 5.25. The average Bonchev–Trinajstić information content (AvgIpc) is 2.49. The molecule has 2 aromatic rings. The summed E-state index contributed by atoms with van der Waals surface area (Å²) in [4.78, 5) is 4.43. The van der Waals surface area contributed by atoms with Crippen molar-refractivity contribution in [3.63, 3.8) is 0 Å². The SMILES string of the molecule is CCc1ccc(CC(O)(COC)c2ccccc2)nc1. The van der Waals surface area contributed by atoms with Crippen LogP contribution in [0.25, 0.3) is 0 Å². The third-order valence-corrected chi connectivity index (χ3v) is 3.46. The van der Waals surface area contributed by atoms with Gasteiger partial charge in [-0.05, 0) is 23.6 Å². The topological polar surface area (TPSA) is 42.4 Å². The molecular weight excluding hydrogens is 250 g/mol. The van der Waals surface area contributed by atoms with Crippen LogP contribution in [0, 0.1) is 0 Å². The fraction of sp³-hybridized carbons (Fsp3) is 0.353. The molecule has 0 aliphatic carbocycles. The minimum absolute atomic E-state index is 0.244. The van der Waals surface area contributed by atoms with Gasteiger partial charge in [-0.2, -0.15) is 0 Å². The van der Waals surface area contributed by atoms with E-state index in [-0.39, 0.29) is 6.61 Å². The fourth-order valence-corrected chi connectivity index (χ4v) is 2.29. The second kappa shape index (κ2) is 6.64. The van der Waals surface area contributed by atoms with E-state index >= 15 is 0 Å². The highest BCUT2D eigenvalue weighted by atomic mass is 16.5. The summed E-state index contributed by atoms with van der Waals surface area (Å²) < 4.78 is 5.20. The van der Waals surface area contributed by atoms with Crippen LogP contribution >= 0.6 is 0 Å². The van der Waals surface area contributed by atoms with Crippen LogP contribution in [-0.2, 0) is 23.2 Å². The lowest BCUT2D eigenvalue weighted by Crippen LogP contribution is -2.34. The standard InChI is InChI=1S/C17H21NO2/c1-3-14-9-10-16(18-12-14)11-17(19,13-20-2)15-7-5-4-6-8-15/h4-10,12,19H,3,11,13H2,1-2H3. The summed E-state index contributed by atoms with van der Waals surface area (Å²) in [5, 5.41) is 10.9. The highest BCUT2D eigenvalue weighted by Crippen LogP contribution is 2.25. The van der Waals surface area contributed by atoms with E-state index in [9.17, 15) is 5.11 Å². The molecule has 2 rings (SSSR count). The van der Waals surface area contributed by atoms with Crippen molar-refractivity contribution in [1.82, 2.24) is 4.98 Å². The molecule has 106 valence electrons. The van der Waals surface area contributed by atoms with Crippen LogP contribution in [0.4, 0.5) is 0 Å². The van der Waals surface area contributed by atoms with Gasteiger partial charge in [0, 0.05) is 25.4 Å².